The molecule has 0 aromatic heterocycles. The van der Waals surface area contributed by atoms with Gasteiger partial charge in [0.2, 0.25) is 10.0 Å². The van der Waals surface area contributed by atoms with E-state index in [0.717, 1.165) is 11.1 Å². The Labute approximate surface area is 120 Å². The van der Waals surface area contributed by atoms with E-state index in [9.17, 15) is 8.42 Å². The number of nitrogens with zero attached hydrogens (tertiary/aromatic N) is 1. The van der Waals surface area contributed by atoms with Gasteiger partial charge in [-0.1, -0.05) is 30.4 Å². The second-order valence-electron chi connectivity index (χ2n) is 5.44. The van der Waals surface area contributed by atoms with Gasteiger partial charge in [0.05, 0.1) is 4.75 Å². The number of hydrogen-bond donors (Lipinski definition) is 1. The van der Waals surface area contributed by atoms with Crippen molar-refractivity contribution in [2.24, 2.45) is 5.73 Å². The highest BCUT2D eigenvalue weighted by Crippen LogP contribution is 2.21. The lowest BCUT2D eigenvalue weighted by molar-refractivity contribution is 0.442. The van der Waals surface area contributed by atoms with Gasteiger partial charge in [-0.15, -0.1) is 0 Å². The molecule has 0 spiro atoms. The molecule has 0 heterocycles. The highest BCUT2D eigenvalue weighted by Gasteiger charge is 2.32. The minimum Gasteiger partial charge on any atom is -0.389 e. The van der Waals surface area contributed by atoms with Crippen LogP contribution in [-0.4, -0.2) is 29.5 Å². The molecule has 0 radical (unpaired) electrons. The zero-order valence-electron chi connectivity index (χ0n) is 11.7. The summed E-state index contributed by atoms with van der Waals surface area (Å²) in [5.41, 5.74) is 7.17. The summed E-state index contributed by atoms with van der Waals surface area (Å²) in [6.07, 6.45) is 0. The molecule has 4 nitrogen and oxygen atoms in total. The largest absolute Gasteiger partial charge is 0.389 e. The zero-order chi connectivity index (χ0) is 14.8. The summed E-state index contributed by atoms with van der Waals surface area (Å²) in [6, 6.07) is 7.30. The molecule has 0 unspecified atom stereocenters. The molecular formula is C13H20N2O2S2. The summed E-state index contributed by atoms with van der Waals surface area (Å²) in [5, 5.41) is 0. The van der Waals surface area contributed by atoms with Crippen molar-refractivity contribution in [3.05, 3.63) is 35.4 Å². The maximum Gasteiger partial charge on any atom is 0.219 e. The lowest BCUT2D eigenvalue weighted by Gasteiger charge is -2.27. The van der Waals surface area contributed by atoms with Crippen molar-refractivity contribution in [1.29, 1.82) is 0 Å². The molecule has 0 aliphatic rings. The van der Waals surface area contributed by atoms with Crippen molar-refractivity contribution >= 4 is 27.2 Å². The first-order valence-electron chi connectivity index (χ1n) is 5.90. The van der Waals surface area contributed by atoms with Crippen molar-refractivity contribution in [2.75, 3.05) is 7.05 Å². The number of benzene rings is 1. The predicted molar refractivity (Wildman–Crippen MR) is 82.5 cm³/mol. The molecule has 0 saturated carbocycles. The number of nitrogens with two attached hydrogens (primary N) is 1. The third-order valence-electron chi connectivity index (χ3n) is 2.80. The molecule has 0 saturated heterocycles. The Hall–Kier alpha value is -0.980. The number of rotatable bonds is 4. The second kappa shape index (κ2) is 5.56. The van der Waals surface area contributed by atoms with E-state index in [1.165, 1.54) is 4.31 Å². The van der Waals surface area contributed by atoms with Gasteiger partial charge in [0.15, 0.2) is 0 Å². The van der Waals surface area contributed by atoms with E-state index < -0.39 is 14.8 Å². The third-order valence-corrected chi connectivity index (χ3v) is 5.53. The highest BCUT2D eigenvalue weighted by molar-refractivity contribution is 7.90. The highest BCUT2D eigenvalue weighted by atomic mass is 32.2. The monoisotopic (exact) mass is 300 g/mol. The Morgan fingerprint density at radius 3 is 2.42 bits per heavy atom. The summed E-state index contributed by atoms with van der Waals surface area (Å²) >= 11 is 4.91. The van der Waals surface area contributed by atoms with Crippen LogP contribution >= 0.6 is 12.2 Å². The van der Waals surface area contributed by atoms with Crippen LogP contribution in [0.25, 0.3) is 0 Å². The molecule has 1 aromatic carbocycles. The normalized spacial score (nSPS) is 12.7. The summed E-state index contributed by atoms with van der Waals surface area (Å²) in [5.74, 6) is 0. The van der Waals surface area contributed by atoms with Gasteiger partial charge in [-0.05, 0) is 32.4 Å². The number of sulfonamides is 1. The fourth-order valence-corrected chi connectivity index (χ4v) is 3.01. The standard InChI is InChI=1S/C13H20N2O2S2/c1-13(2,3)19(16,17)15(4)9-10-6-5-7-11(8-10)12(14)18/h5-8H,9H2,1-4H3,(H2,14,18). The van der Waals surface area contributed by atoms with Gasteiger partial charge in [0.1, 0.15) is 4.99 Å². The molecule has 0 aliphatic carbocycles. The van der Waals surface area contributed by atoms with E-state index in [2.05, 4.69) is 0 Å². The molecule has 0 fully saturated rings. The SMILES string of the molecule is CN(Cc1cccc(C(N)=S)c1)S(=O)(=O)C(C)(C)C. The van der Waals surface area contributed by atoms with E-state index >= 15 is 0 Å². The molecule has 2 N–H and O–H groups in total. The fourth-order valence-electron chi connectivity index (χ4n) is 1.63. The van der Waals surface area contributed by atoms with Gasteiger partial charge in [0.25, 0.3) is 0 Å². The number of hydrogen-bond acceptors (Lipinski definition) is 3. The zero-order valence-corrected chi connectivity index (χ0v) is 13.3. The smallest absolute Gasteiger partial charge is 0.219 e. The Morgan fingerprint density at radius 1 is 1.37 bits per heavy atom. The van der Waals surface area contributed by atoms with Crippen molar-refractivity contribution in [3.8, 4) is 0 Å². The van der Waals surface area contributed by atoms with E-state index in [4.69, 9.17) is 18.0 Å². The third kappa shape index (κ3) is 3.75. The van der Waals surface area contributed by atoms with Crippen molar-refractivity contribution < 1.29 is 8.42 Å². The maximum absolute atomic E-state index is 12.3. The van der Waals surface area contributed by atoms with E-state index in [1.807, 2.05) is 24.3 Å². The summed E-state index contributed by atoms with van der Waals surface area (Å²) in [6.45, 7) is 5.36. The molecule has 0 aliphatic heterocycles. The Bertz CT molecular complexity index is 575. The lowest BCUT2D eigenvalue weighted by Crippen LogP contribution is -2.40. The van der Waals surface area contributed by atoms with Gasteiger partial charge in [-0.25, -0.2) is 12.7 Å². The van der Waals surface area contributed by atoms with Crippen LogP contribution in [0.4, 0.5) is 0 Å². The molecule has 106 valence electrons. The Kier molecular flexibility index (Phi) is 4.71. The maximum atomic E-state index is 12.3. The summed E-state index contributed by atoms with van der Waals surface area (Å²) in [4.78, 5) is 0.309. The van der Waals surface area contributed by atoms with E-state index in [1.54, 1.807) is 27.8 Å². The fraction of sp³-hybridized carbons (Fsp3) is 0.462. The van der Waals surface area contributed by atoms with Crippen LogP contribution in [0.2, 0.25) is 0 Å². The van der Waals surface area contributed by atoms with Crippen molar-refractivity contribution in [3.63, 3.8) is 0 Å². The summed E-state index contributed by atoms with van der Waals surface area (Å²) in [7, 11) is -1.76. The van der Waals surface area contributed by atoms with Crippen molar-refractivity contribution in [2.45, 2.75) is 32.1 Å². The molecular weight excluding hydrogens is 280 g/mol. The van der Waals surface area contributed by atoms with Gasteiger partial charge >= 0.3 is 0 Å². The quantitative estimate of drug-likeness (QED) is 0.862. The van der Waals surface area contributed by atoms with Crippen LogP contribution in [-0.2, 0) is 16.6 Å². The molecule has 0 bridgehead atoms. The summed E-state index contributed by atoms with van der Waals surface area (Å²) < 4.78 is 25.0. The van der Waals surface area contributed by atoms with Crippen LogP contribution in [0.1, 0.15) is 31.9 Å². The Balaban J connectivity index is 2.98. The molecule has 1 rings (SSSR count). The van der Waals surface area contributed by atoms with Gasteiger partial charge in [-0.3, -0.25) is 0 Å². The first-order valence-corrected chi connectivity index (χ1v) is 7.75. The predicted octanol–water partition coefficient (Wildman–Crippen LogP) is 1.88. The van der Waals surface area contributed by atoms with Crippen LogP contribution in [0.15, 0.2) is 24.3 Å². The lowest BCUT2D eigenvalue weighted by atomic mass is 10.1. The average Bonchev–Trinajstić information content (AvgIpc) is 2.27. The molecule has 1 aromatic rings. The molecule has 19 heavy (non-hydrogen) atoms. The first-order chi connectivity index (χ1) is 8.55. The van der Waals surface area contributed by atoms with Crippen LogP contribution in [0.3, 0.4) is 0 Å². The van der Waals surface area contributed by atoms with Crippen LogP contribution < -0.4 is 5.73 Å². The molecule has 6 heteroatoms. The first kappa shape index (κ1) is 16.1. The minimum atomic E-state index is -3.34. The average molecular weight is 300 g/mol. The van der Waals surface area contributed by atoms with Crippen LogP contribution in [0, 0.1) is 0 Å². The second-order valence-corrected chi connectivity index (χ2v) is 8.68. The Morgan fingerprint density at radius 2 is 1.95 bits per heavy atom. The van der Waals surface area contributed by atoms with Gasteiger partial charge in [0, 0.05) is 19.2 Å². The van der Waals surface area contributed by atoms with Crippen molar-refractivity contribution in [1.82, 2.24) is 4.31 Å². The number of thiocarbonyl (C=S) groups is 1. The topological polar surface area (TPSA) is 63.4 Å². The van der Waals surface area contributed by atoms with E-state index in [0.29, 0.717) is 11.5 Å². The molecule has 0 amide bonds. The minimum absolute atomic E-state index is 0.302. The van der Waals surface area contributed by atoms with E-state index in [-0.39, 0.29) is 0 Å². The van der Waals surface area contributed by atoms with Crippen LogP contribution in [0.5, 0.6) is 0 Å². The molecule has 0 atom stereocenters. The van der Waals surface area contributed by atoms with Gasteiger partial charge in [-0.2, -0.15) is 0 Å². The van der Waals surface area contributed by atoms with Gasteiger partial charge < -0.3 is 5.73 Å².